The summed E-state index contributed by atoms with van der Waals surface area (Å²) in [6.45, 7) is 5.91. The lowest BCUT2D eigenvalue weighted by Crippen LogP contribution is -2.23. The lowest BCUT2D eigenvalue weighted by atomic mass is 10.1. The van der Waals surface area contributed by atoms with Crippen LogP contribution in [-0.4, -0.2) is 28.4 Å². The number of aromatic nitrogens is 2. The number of nitrogens with zero attached hydrogens (tertiary/aromatic N) is 3. The summed E-state index contributed by atoms with van der Waals surface area (Å²) in [5.74, 6) is 1.03. The van der Waals surface area contributed by atoms with Crippen LogP contribution >= 0.6 is 38.5 Å². The SMILES string of the molecule is CC[C@H](C)c1nc2ccc(Br)cc2c(=O)n1N=Cc1ccc(OCC(=O)Nc2ccccc2C)c(I)c1. The first-order chi connectivity index (χ1) is 17.8. The van der Waals surface area contributed by atoms with Crippen molar-refractivity contribution in [1.29, 1.82) is 0 Å². The monoisotopic (exact) mass is 672 g/mol. The third kappa shape index (κ3) is 6.45. The maximum atomic E-state index is 13.3. The van der Waals surface area contributed by atoms with Gasteiger partial charge in [-0.15, -0.1) is 0 Å². The van der Waals surface area contributed by atoms with Crippen molar-refractivity contribution in [2.24, 2.45) is 5.10 Å². The van der Waals surface area contributed by atoms with Gasteiger partial charge in [-0.25, -0.2) is 4.98 Å². The number of rotatable bonds is 8. The predicted octanol–water partition coefficient (Wildman–Crippen LogP) is 6.49. The molecule has 0 saturated carbocycles. The Morgan fingerprint density at radius 1 is 1.22 bits per heavy atom. The second kappa shape index (κ2) is 12.0. The molecule has 1 heterocycles. The molecule has 0 aliphatic heterocycles. The molecule has 0 spiro atoms. The number of hydrogen-bond acceptors (Lipinski definition) is 5. The third-order valence-electron chi connectivity index (χ3n) is 5.94. The van der Waals surface area contributed by atoms with Gasteiger partial charge in [-0.3, -0.25) is 9.59 Å². The van der Waals surface area contributed by atoms with Gasteiger partial charge in [0.15, 0.2) is 6.61 Å². The number of nitrogens with one attached hydrogen (secondary N) is 1. The average Bonchev–Trinajstić information content (AvgIpc) is 2.88. The van der Waals surface area contributed by atoms with Gasteiger partial charge in [-0.1, -0.05) is 48.0 Å². The molecular weight excluding hydrogens is 647 g/mol. The van der Waals surface area contributed by atoms with Gasteiger partial charge in [0.05, 0.1) is 20.7 Å². The molecule has 3 aromatic carbocycles. The number of hydrogen-bond donors (Lipinski definition) is 1. The Balaban J connectivity index is 1.53. The van der Waals surface area contributed by atoms with Crippen LogP contribution in [0.25, 0.3) is 10.9 Å². The van der Waals surface area contributed by atoms with E-state index in [-0.39, 0.29) is 24.0 Å². The van der Waals surface area contributed by atoms with Crippen molar-refractivity contribution in [2.45, 2.75) is 33.1 Å². The van der Waals surface area contributed by atoms with Gasteiger partial charge in [0.1, 0.15) is 11.6 Å². The Kier molecular flexibility index (Phi) is 8.75. The van der Waals surface area contributed by atoms with Gasteiger partial charge >= 0.3 is 0 Å². The molecule has 0 fully saturated rings. The molecule has 4 aromatic rings. The number of para-hydroxylation sites is 1. The molecule has 0 bridgehead atoms. The number of aryl methyl sites for hydroxylation is 1. The van der Waals surface area contributed by atoms with E-state index in [9.17, 15) is 9.59 Å². The summed E-state index contributed by atoms with van der Waals surface area (Å²) in [5.41, 5.74) is 2.97. The molecule has 0 unspecified atom stereocenters. The van der Waals surface area contributed by atoms with Gasteiger partial charge in [0.25, 0.3) is 11.5 Å². The zero-order valence-electron chi connectivity index (χ0n) is 20.7. The largest absolute Gasteiger partial charge is 0.483 e. The van der Waals surface area contributed by atoms with E-state index in [0.717, 1.165) is 31.3 Å². The Labute approximate surface area is 237 Å². The van der Waals surface area contributed by atoms with Crippen molar-refractivity contribution in [3.8, 4) is 5.75 Å². The zero-order valence-corrected chi connectivity index (χ0v) is 24.4. The van der Waals surface area contributed by atoms with E-state index in [1.165, 1.54) is 4.68 Å². The van der Waals surface area contributed by atoms with E-state index in [0.29, 0.717) is 22.5 Å². The summed E-state index contributed by atoms with van der Waals surface area (Å²) < 4.78 is 8.75. The quantitative estimate of drug-likeness (QED) is 0.171. The zero-order chi connectivity index (χ0) is 26.5. The van der Waals surface area contributed by atoms with Crippen molar-refractivity contribution in [3.05, 3.63) is 96.0 Å². The normalized spacial score (nSPS) is 12.1. The van der Waals surface area contributed by atoms with Crippen LogP contribution in [0.5, 0.6) is 5.75 Å². The lowest BCUT2D eigenvalue weighted by Gasteiger charge is -2.14. The highest BCUT2D eigenvalue weighted by atomic mass is 127. The fraction of sp³-hybridized carbons (Fsp3) is 0.214. The topological polar surface area (TPSA) is 85.6 Å². The van der Waals surface area contributed by atoms with Crippen LogP contribution in [0.4, 0.5) is 5.69 Å². The second-order valence-electron chi connectivity index (χ2n) is 8.64. The van der Waals surface area contributed by atoms with Gasteiger partial charge < -0.3 is 10.1 Å². The van der Waals surface area contributed by atoms with Crippen LogP contribution in [0.2, 0.25) is 0 Å². The first-order valence-corrected chi connectivity index (χ1v) is 13.7. The maximum absolute atomic E-state index is 13.3. The fourth-order valence-electron chi connectivity index (χ4n) is 3.66. The van der Waals surface area contributed by atoms with Crippen LogP contribution in [0.15, 0.2) is 75.0 Å². The number of fused-ring (bicyclic) bond motifs is 1. The molecule has 0 radical (unpaired) electrons. The Bertz CT molecular complexity index is 1550. The molecule has 0 aliphatic rings. The lowest BCUT2D eigenvalue weighted by molar-refractivity contribution is -0.118. The maximum Gasteiger partial charge on any atom is 0.282 e. The number of carbonyl (C=O) groups excluding carboxylic acids is 1. The van der Waals surface area contributed by atoms with Crippen LogP contribution < -0.4 is 15.6 Å². The molecular formula is C28H26BrIN4O3. The van der Waals surface area contributed by atoms with E-state index in [1.807, 2.05) is 62.4 Å². The van der Waals surface area contributed by atoms with E-state index >= 15 is 0 Å². The molecule has 4 rings (SSSR count). The second-order valence-corrected chi connectivity index (χ2v) is 10.7. The standard InChI is InChI=1S/C28H26BrIN4O3/c1-4-17(2)27-33-24-11-10-20(29)14-21(24)28(36)34(27)31-15-19-9-12-25(22(30)13-19)37-16-26(35)32-23-8-6-5-7-18(23)3/h5-15,17H,4,16H2,1-3H3,(H,32,35)/t17-/m0/s1. The third-order valence-corrected chi connectivity index (χ3v) is 7.28. The van der Waals surface area contributed by atoms with Crippen molar-refractivity contribution in [2.75, 3.05) is 11.9 Å². The Morgan fingerprint density at radius 2 is 2.00 bits per heavy atom. The molecule has 190 valence electrons. The first-order valence-electron chi connectivity index (χ1n) is 11.8. The molecule has 37 heavy (non-hydrogen) atoms. The first kappa shape index (κ1) is 27.0. The Hall–Kier alpha value is -3.05. The van der Waals surface area contributed by atoms with Gasteiger partial charge in [-0.05, 0) is 89.5 Å². The van der Waals surface area contributed by atoms with E-state index in [4.69, 9.17) is 9.72 Å². The molecule has 0 saturated heterocycles. The summed E-state index contributed by atoms with van der Waals surface area (Å²) in [6.07, 6.45) is 2.46. The van der Waals surface area contributed by atoms with Crippen LogP contribution in [0.3, 0.4) is 0 Å². The molecule has 1 amide bonds. The minimum Gasteiger partial charge on any atom is -0.483 e. The van der Waals surface area contributed by atoms with Crippen LogP contribution in [0, 0.1) is 10.5 Å². The molecule has 7 nitrogen and oxygen atoms in total. The van der Waals surface area contributed by atoms with Crippen LogP contribution in [-0.2, 0) is 4.79 Å². The number of ether oxygens (including phenoxy) is 1. The summed E-state index contributed by atoms with van der Waals surface area (Å²) in [7, 11) is 0. The van der Waals surface area contributed by atoms with Crippen molar-refractivity contribution in [3.63, 3.8) is 0 Å². The summed E-state index contributed by atoms with van der Waals surface area (Å²) in [4.78, 5) is 30.4. The Morgan fingerprint density at radius 3 is 2.73 bits per heavy atom. The molecule has 0 aliphatic carbocycles. The number of halogens is 2. The number of benzene rings is 3. The molecule has 1 aromatic heterocycles. The van der Waals surface area contributed by atoms with Crippen molar-refractivity contribution >= 4 is 67.2 Å². The summed E-state index contributed by atoms with van der Waals surface area (Å²) in [6, 6.07) is 18.6. The predicted molar refractivity (Wildman–Crippen MR) is 160 cm³/mol. The van der Waals surface area contributed by atoms with Gasteiger partial charge in [0, 0.05) is 16.1 Å². The summed E-state index contributed by atoms with van der Waals surface area (Å²) >= 11 is 5.59. The minimum absolute atomic E-state index is 0.0552. The van der Waals surface area contributed by atoms with Crippen LogP contribution in [0.1, 0.15) is 43.1 Å². The average molecular weight is 673 g/mol. The minimum atomic E-state index is -0.233. The van der Waals surface area contributed by atoms with Gasteiger partial charge in [-0.2, -0.15) is 9.78 Å². The molecule has 1 atom stereocenters. The highest BCUT2D eigenvalue weighted by Gasteiger charge is 2.16. The van der Waals surface area contributed by atoms with Crippen molar-refractivity contribution in [1.82, 2.24) is 9.66 Å². The highest BCUT2D eigenvalue weighted by Crippen LogP contribution is 2.23. The van der Waals surface area contributed by atoms with E-state index < -0.39 is 0 Å². The highest BCUT2D eigenvalue weighted by molar-refractivity contribution is 14.1. The smallest absolute Gasteiger partial charge is 0.282 e. The molecule has 9 heteroatoms. The van der Waals surface area contributed by atoms with Crippen molar-refractivity contribution < 1.29 is 9.53 Å². The van der Waals surface area contributed by atoms with E-state index in [2.05, 4.69) is 55.9 Å². The number of carbonyl (C=O) groups is 1. The summed E-state index contributed by atoms with van der Waals surface area (Å²) in [5, 5.41) is 7.88. The van der Waals surface area contributed by atoms with E-state index in [1.54, 1.807) is 18.3 Å². The van der Waals surface area contributed by atoms with Gasteiger partial charge in [0.2, 0.25) is 0 Å². The fourth-order valence-corrected chi connectivity index (χ4v) is 4.72. The molecule has 1 N–H and O–H groups in total. The number of anilines is 1. The number of amides is 1.